The fourth-order valence-electron chi connectivity index (χ4n) is 0.998. The van der Waals surface area contributed by atoms with Crippen molar-refractivity contribution in [3.8, 4) is 0 Å². The largest absolute Gasteiger partial charge is 0.334 e. The molecule has 2 aromatic heterocycles. The van der Waals surface area contributed by atoms with Crippen LogP contribution in [-0.2, 0) is 16.4 Å². The molecule has 16 heavy (non-hydrogen) atoms. The molecular formula is C7H9N5O2S2. The van der Waals surface area contributed by atoms with Crippen molar-refractivity contribution < 1.29 is 8.42 Å². The Morgan fingerprint density at radius 3 is 2.88 bits per heavy atom. The summed E-state index contributed by atoms with van der Waals surface area (Å²) >= 11 is 1.21. The summed E-state index contributed by atoms with van der Waals surface area (Å²) in [6.07, 6.45) is 3.25. The lowest BCUT2D eigenvalue weighted by molar-refractivity contribution is 0.598. The molecule has 0 saturated carbocycles. The quantitative estimate of drug-likeness (QED) is 0.838. The van der Waals surface area contributed by atoms with Crippen LogP contribution in [0.3, 0.4) is 0 Å². The molecule has 0 saturated heterocycles. The molecule has 0 aliphatic carbocycles. The third kappa shape index (κ3) is 2.19. The number of nitrogens with one attached hydrogen (secondary N) is 2. The molecule has 7 nitrogen and oxygen atoms in total. The standard InChI is InChI=1S/C7H9N5O2S2/c1-2-5-10-11-7(15-5)12-16(13,14)6-3-8-4-9-6/h3-4H,2H2,1H3,(H,8,9)(H,11,12). The predicted octanol–water partition coefficient (Wildman–Crippen LogP) is 0.624. The summed E-state index contributed by atoms with van der Waals surface area (Å²) in [7, 11) is -3.63. The van der Waals surface area contributed by atoms with Crippen LogP contribution >= 0.6 is 11.3 Å². The second-order valence-electron chi connectivity index (χ2n) is 2.88. The van der Waals surface area contributed by atoms with Crippen molar-refractivity contribution in [1.82, 2.24) is 20.2 Å². The maximum absolute atomic E-state index is 11.7. The molecule has 2 rings (SSSR count). The summed E-state index contributed by atoms with van der Waals surface area (Å²) in [5.74, 6) is 0. The van der Waals surface area contributed by atoms with E-state index in [1.54, 1.807) is 0 Å². The third-order valence-corrected chi connectivity index (χ3v) is 4.13. The average molecular weight is 259 g/mol. The van der Waals surface area contributed by atoms with Gasteiger partial charge in [0.1, 0.15) is 5.01 Å². The van der Waals surface area contributed by atoms with E-state index in [1.165, 1.54) is 23.9 Å². The number of nitrogens with zero attached hydrogens (tertiary/aromatic N) is 3. The Balaban J connectivity index is 2.21. The fourth-order valence-corrected chi connectivity index (χ4v) is 2.81. The summed E-state index contributed by atoms with van der Waals surface area (Å²) in [5.41, 5.74) is 0. The van der Waals surface area contributed by atoms with E-state index in [9.17, 15) is 8.42 Å². The van der Waals surface area contributed by atoms with E-state index in [0.717, 1.165) is 11.4 Å². The number of aromatic nitrogens is 4. The zero-order chi connectivity index (χ0) is 11.6. The van der Waals surface area contributed by atoms with Gasteiger partial charge < -0.3 is 4.98 Å². The fraction of sp³-hybridized carbons (Fsp3) is 0.286. The molecule has 0 amide bonds. The van der Waals surface area contributed by atoms with Gasteiger partial charge in [-0.05, 0) is 6.42 Å². The molecule has 0 unspecified atom stereocenters. The summed E-state index contributed by atoms with van der Waals surface area (Å²) in [4.78, 5) is 6.16. The van der Waals surface area contributed by atoms with Gasteiger partial charge >= 0.3 is 0 Å². The molecular weight excluding hydrogens is 250 g/mol. The molecule has 0 bridgehead atoms. The van der Waals surface area contributed by atoms with Crippen LogP contribution in [0.4, 0.5) is 5.13 Å². The van der Waals surface area contributed by atoms with Gasteiger partial charge in [0.25, 0.3) is 10.0 Å². The minimum absolute atomic E-state index is 0.000693. The SMILES string of the molecule is CCc1nnc(NS(=O)(=O)c2cnc[nH]2)s1. The number of sulfonamides is 1. The molecule has 9 heteroatoms. The van der Waals surface area contributed by atoms with Crippen LogP contribution in [-0.4, -0.2) is 28.6 Å². The number of hydrogen-bond acceptors (Lipinski definition) is 6. The van der Waals surface area contributed by atoms with E-state index in [0.29, 0.717) is 0 Å². The first-order valence-corrected chi connectivity index (χ1v) is 6.75. The number of rotatable bonds is 4. The molecule has 86 valence electrons. The summed E-state index contributed by atoms with van der Waals surface area (Å²) in [6, 6.07) is 0. The van der Waals surface area contributed by atoms with E-state index >= 15 is 0 Å². The Morgan fingerprint density at radius 2 is 2.31 bits per heavy atom. The second kappa shape index (κ2) is 4.18. The lowest BCUT2D eigenvalue weighted by Crippen LogP contribution is -2.13. The van der Waals surface area contributed by atoms with Gasteiger partial charge in [-0.2, -0.15) is 8.42 Å². The van der Waals surface area contributed by atoms with Crippen LogP contribution in [0.2, 0.25) is 0 Å². The Hall–Kier alpha value is -1.48. The van der Waals surface area contributed by atoms with Crippen molar-refractivity contribution in [3.63, 3.8) is 0 Å². The maximum Gasteiger partial charge on any atom is 0.280 e. The van der Waals surface area contributed by atoms with Crippen molar-refractivity contribution in [2.24, 2.45) is 0 Å². The van der Waals surface area contributed by atoms with Crippen LogP contribution in [0, 0.1) is 0 Å². The second-order valence-corrected chi connectivity index (χ2v) is 5.59. The van der Waals surface area contributed by atoms with Gasteiger partial charge in [0, 0.05) is 0 Å². The van der Waals surface area contributed by atoms with Crippen LogP contribution in [0.5, 0.6) is 0 Å². The highest BCUT2D eigenvalue weighted by Gasteiger charge is 2.17. The van der Waals surface area contributed by atoms with Gasteiger partial charge in [0.05, 0.1) is 12.5 Å². The lowest BCUT2D eigenvalue weighted by atomic mass is 10.5. The zero-order valence-electron chi connectivity index (χ0n) is 8.34. The first-order valence-electron chi connectivity index (χ1n) is 4.45. The normalized spacial score (nSPS) is 11.6. The highest BCUT2D eigenvalue weighted by atomic mass is 32.2. The number of hydrogen-bond donors (Lipinski definition) is 2. The Labute approximate surface area is 96.0 Å². The van der Waals surface area contributed by atoms with Gasteiger partial charge in [-0.1, -0.05) is 18.3 Å². The van der Waals surface area contributed by atoms with Gasteiger partial charge in [-0.3, -0.25) is 4.72 Å². The lowest BCUT2D eigenvalue weighted by Gasteiger charge is -2.00. The monoisotopic (exact) mass is 259 g/mol. The molecule has 0 atom stereocenters. The van der Waals surface area contributed by atoms with Crippen LogP contribution in [0.1, 0.15) is 11.9 Å². The molecule has 0 spiro atoms. The van der Waals surface area contributed by atoms with Gasteiger partial charge in [-0.25, -0.2) is 4.98 Å². The molecule has 0 aliphatic heterocycles. The first kappa shape index (κ1) is 11.0. The summed E-state index contributed by atoms with van der Waals surface area (Å²) in [5, 5.41) is 8.58. The van der Waals surface area contributed by atoms with E-state index in [-0.39, 0.29) is 10.2 Å². The predicted molar refractivity (Wildman–Crippen MR) is 58.7 cm³/mol. The Bertz CT molecular complexity index is 559. The Kier molecular flexibility index (Phi) is 2.88. The zero-order valence-corrected chi connectivity index (χ0v) is 9.97. The molecule has 0 aliphatic rings. The van der Waals surface area contributed by atoms with E-state index in [1.807, 2.05) is 6.92 Å². The number of aryl methyl sites for hydroxylation is 1. The van der Waals surface area contributed by atoms with E-state index in [2.05, 4.69) is 24.9 Å². The molecule has 2 heterocycles. The average Bonchev–Trinajstić information content (AvgIpc) is 2.86. The molecule has 2 aromatic rings. The number of aromatic amines is 1. The highest BCUT2D eigenvalue weighted by molar-refractivity contribution is 7.92. The molecule has 0 aromatic carbocycles. The Morgan fingerprint density at radius 1 is 1.50 bits per heavy atom. The van der Waals surface area contributed by atoms with Gasteiger partial charge in [0.15, 0.2) is 5.03 Å². The smallest absolute Gasteiger partial charge is 0.280 e. The van der Waals surface area contributed by atoms with Crippen LogP contribution < -0.4 is 4.72 Å². The van der Waals surface area contributed by atoms with Gasteiger partial charge in [-0.15, -0.1) is 10.2 Å². The first-order chi connectivity index (χ1) is 7.62. The van der Waals surface area contributed by atoms with Crippen LogP contribution in [0.25, 0.3) is 0 Å². The van der Waals surface area contributed by atoms with E-state index in [4.69, 9.17) is 0 Å². The highest BCUT2D eigenvalue weighted by Crippen LogP contribution is 2.18. The summed E-state index contributed by atoms with van der Waals surface area (Å²) < 4.78 is 25.8. The minimum atomic E-state index is -3.63. The summed E-state index contributed by atoms with van der Waals surface area (Å²) in [6.45, 7) is 1.92. The molecule has 0 fully saturated rings. The molecule has 0 radical (unpaired) electrons. The number of H-pyrrole nitrogens is 1. The maximum atomic E-state index is 11.7. The molecule has 2 N–H and O–H groups in total. The van der Waals surface area contributed by atoms with Crippen molar-refractivity contribution in [3.05, 3.63) is 17.5 Å². The van der Waals surface area contributed by atoms with Crippen molar-refractivity contribution >= 4 is 26.5 Å². The van der Waals surface area contributed by atoms with Crippen LogP contribution in [0.15, 0.2) is 17.6 Å². The number of anilines is 1. The third-order valence-electron chi connectivity index (χ3n) is 1.75. The number of imidazole rings is 1. The van der Waals surface area contributed by atoms with Crippen molar-refractivity contribution in [2.45, 2.75) is 18.4 Å². The van der Waals surface area contributed by atoms with Crippen molar-refractivity contribution in [2.75, 3.05) is 4.72 Å². The van der Waals surface area contributed by atoms with Gasteiger partial charge in [0.2, 0.25) is 5.13 Å². The van der Waals surface area contributed by atoms with Crippen molar-refractivity contribution in [1.29, 1.82) is 0 Å². The van der Waals surface area contributed by atoms with E-state index < -0.39 is 10.0 Å². The topological polar surface area (TPSA) is 101 Å². The minimum Gasteiger partial charge on any atom is -0.334 e.